The Hall–Kier alpha value is -1.86. The first-order valence-electron chi connectivity index (χ1n) is 7.78. The standard InChI is InChI=1S/C16H22N4O2S/c1-13-10-19(6-7-20(13)16-17-5-9-23-16)12-15(21)18(2)11-14-4-3-8-22-14/h3-5,8-9,13H,6-7,10-12H2,1-2H3. The molecule has 2 aromatic heterocycles. The number of amides is 1. The van der Waals surface area contributed by atoms with Crippen LogP contribution >= 0.6 is 11.3 Å². The lowest BCUT2D eigenvalue weighted by molar-refractivity contribution is -0.132. The molecule has 3 rings (SSSR count). The van der Waals surface area contributed by atoms with Gasteiger partial charge in [0.1, 0.15) is 5.76 Å². The van der Waals surface area contributed by atoms with Crippen molar-refractivity contribution in [3.63, 3.8) is 0 Å². The van der Waals surface area contributed by atoms with E-state index in [1.54, 1.807) is 22.5 Å². The number of hydrogen-bond donors (Lipinski definition) is 0. The maximum absolute atomic E-state index is 12.4. The molecule has 1 saturated heterocycles. The maximum atomic E-state index is 12.4. The van der Waals surface area contributed by atoms with E-state index in [9.17, 15) is 4.79 Å². The number of rotatable bonds is 5. The van der Waals surface area contributed by atoms with Gasteiger partial charge >= 0.3 is 0 Å². The zero-order valence-corrected chi connectivity index (χ0v) is 14.3. The van der Waals surface area contributed by atoms with Crippen LogP contribution in [-0.4, -0.2) is 60.0 Å². The molecule has 1 aliphatic heterocycles. The van der Waals surface area contributed by atoms with E-state index < -0.39 is 0 Å². The SMILES string of the molecule is CC1CN(CC(=O)N(C)Cc2ccco2)CCN1c1nccs1. The second-order valence-electron chi connectivity index (χ2n) is 5.92. The van der Waals surface area contributed by atoms with Crippen molar-refractivity contribution in [3.05, 3.63) is 35.7 Å². The monoisotopic (exact) mass is 334 g/mol. The van der Waals surface area contributed by atoms with Gasteiger partial charge in [-0.15, -0.1) is 11.3 Å². The van der Waals surface area contributed by atoms with E-state index in [1.807, 2.05) is 30.8 Å². The summed E-state index contributed by atoms with van der Waals surface area (Å²) in [6.45, 7) is 5.81. The number of anilines is 1. The number of piperazine rings is 1. The molecule has 0 saturated carbocycles. The van der Waals surface area contributed by atoms with Crippen molar-refractivity contribution in [2.75, 3.05) is 38.1 Å². The van der Waals surface area contributed by atoms with E-state index in [-0.39, 0.29) is 5.91 Å². The van der Waals surface area contributed by atoms with Crippen LogP contribution in [0.3, 0.4) is 0 Å². The van der Waals surface area contributed by atoms with Crippen molar-refractivity contribution in [2.24, 2.45) is 0 Å². The largest absolute Gasteiger partial charge is 0.467 e. The smallest absolute Gasteiger partial charge is 0.236 e. The van der Waals surface area contributed by atoms with Crippen LogP contribution in [0.5, 0.6) is 0 Å². The number of hydrogen-bond acceptors (Lipinski definition) is 6. The summed E-state index contributed by atoms with van der Waals surface area (Å²) in [5, 5.41) is 3.07. The van der Waals surface area contributed by atoms with Gasteiger partial charge < -0.3 is 14.2 Å². The minimum atomic E-state index is 0.122. The number of carbonyl (C=O) groups is 1. The van der Waals surface area contributed by atoms with E-state index >= 15 is 0 Å². The van der Waals surface area contributed by atoms with Crippen LogP contribution in [0.15, 0.2) is 34.4 Å². The lowest BCUT2D eigenvalue weighted by Crippen LogP contribution is -2.54. The van der Waals surface area contributed by atoms with Crippen LogP contribution in [0.2, 0.25) is 0 Å². The van der Waals surface area contributed by atoms with Gasteiger partial charge in [-0.05, 0) is 19.1 Å². The lowest BCUT2D eigenvalue weighted by atomic mass is 10.2. The highest BCUT2D eigenvalue weighted by molar-refractivity contribution is 7.13. The van der Waals surface area contributed by atoms with Crippen LogP contribution in [0, 0.1) is 0 Å². The maximum Gasteiger partial charge on any atom is 0.236 e. The van der Waals surface area contributed by atoms with Gasteiger partial charge in [0.15, 0.2) is 5.13 Å². The van der Waals surface area contributed by atoms with Crippen LogP contribution in [0.1, 0.15) is 12.7 Å². The topological polar surface area (TPSA) is 52.8 Å². The summed E-state index contributed by atoms with van der Waals surface area (Å²) in [5.41, 5.74) is 0. The van der Waals surface area contributed by atoms with E-state index in [0.717, 1.165) is 30.5 Å². The average molecular weight is 334 g/mol. The van der Waals surface area contributed by atoms with E-state index in [0.29, 0.717) is 19.1 Å². The Bertz CT molecular complexity index is 614. The zero-order chi connectivity index (χ0) is 16.2. The molecule has 0 aliphatic carbocycles. The molecule has 1 unspecified atom stereocenters. The van der Waals surface area contributed by atoms with Crippen molar-refractivity contribution in [1.29, 1.82) is 0 Å². The number of thiazole rings is 1. The molecule has 1 atom stereocenters. The van der Waals surface area contributed by atoms with E-state index in [2.05, 4.69) is 21.7 Å². The summed E-state index contributed by atoms with van der Waals surface area (Å²) in [6.07, 6.45) is 3.47. The highest BCUT2D eigenvalue weighted by atomic mass is 32.1. The third kappa shape index (κ3) is 3.92. The highest BCUT2D eigenvalue weighted by Crippen LogP contribution is 2.22. The molecular weight excluding hydrogens is 312 g/mol. The predicted octanol–water partition coefficient (Wildman–Crippen LogP) is 1.91. The van der Waals surface area contributed by atoms with Gasteiger partial charge in [-0.1, -0.05) is 0 Å². The third-order valence-electron chi connectivity index (χ3n) is 4.13. The van der Waals surface area contributed by atoms with Crippen molar-refractivity contribution in [3.8, 4) is 0 Å². The number of furan rings is 1. The molecule has 2 aromatic rings. The fourth-order valence-electron chi connectivity index (χ4n) is 2.86. The van der Waals surface area contributed by atoms with Crippen LogP contribution in [0.4, 0.5) is 5.13 Å². The Balaban J connectivity index is 1.50. The quantitative estimate of drug-likeness (QED) is 0.836. The first-order chi connectivity index (χ1) is 11.1. The molecular formula is C16H22N4O2S. The molecule has 0 spiro atoms. The van der Waals surface area contributed by atoms with Gasteiger partial charge in [0.05, 0.1) is 19.4 Å². The summed E-state index contributed by atoms with van der Waals surface area (Å²) in [7, 11) is 1.82. The average Bonchev–Trinajstić information content (AvgIpc) is 3.20. The normalized spacial score (nSPS) is 19.0. The molecule has 1 amide bonds. The Morgan fingerprint density at radius 3 is 3.04 bits per heavy atom. The molecule has 0 N–H and O–H groups in total. The zero-order valence-electron chi connectivity index (χ0n) is 13.5. The molecule has 0 aromatic carbocycles. The number of nitrogens with zero attached hydrogens (tertiary/aromatic N) is 4. The molecule has 7 heteroatoms. The fraction of sp³-hybridized carbons (Fsp3) is 0.500. The molecule has 3 heterocycles. The summed E-state index contributed by atoms with van der Waals surface area (Å²) in [4.78, 5) is 23.0. The third-order valence-corrected chi connectivity index (χ3v) is 4.94. The second-order valence-corrected chi connectivity index (χ2v) is 6.79. The summed E-state index contributed by atoms with van der Waals surface area (Å²) in [5.74, 6) is 0.930. The number of aromatic nitrogens is 1. The van der Waals surface area contributed by atoms with Crippen LogP contribution in [-0.2, 0) is 11.3 Å². The van der Waals surface area contributed by atoms with Crippen LogP contribution < -0.4 is 4.90 Å². The molecule has 6 nitrogen and oxygen atoms in total. The van der Waals surface area contributed by atoms with Crippen molar-refractivity contribution >= 4 is 22.4 Å². The molecule has 124 valence electrons. The molecule has 0 bridgehead atoms. The van der Waals surface area contributed by atoms with Gasteiger partial charge in [0.2, 0.25) is 5.91 Å². The second kappa shape index (κ2) is 7.14. The van der Waals surface area contributed by atoms with Crippen molar-refractivity contribution in [2.45, 2.75) is 19.5 Å². The minimum absolute atomic E-state index is 0.122. The van der Waals surface area contributed by atoms with Crippen LogP contribution in [0.25, 0.3) is 0 Å². The Labute approximate surface area is 140 Å². The van der Waals surface area contributed by atoms with Crippen molar-refractivity contribution < 1.29 is 9.21 Å². The van der Waals surface area contributed by atoms with Gasteiger partial charge in [-0.2, -0.15) is 0 Å². The van der Waals surface area contributed by atoms with Gasteiger partial charge in [0, 0.05) is 44.3 Å². The first kappa shape index (κ1) is 16.0. The fourth-order valence-corrected chi connectivity index (χ4v) is 3.63. The Kier molecular flexibility index (Phi) is 4.97. The summed E-state index contributed by atoms with van der Waals surface area (Å²) < 4.78 is 5.30. The molecule has 1 aliphatic rings. The Morgan fingerprint density at radius 1 is 1.52 bits per heavy atom. The van der Waals surface area contributed by atoms with Crippen molar-refractivity contribution in [1.82, 2.24) is 14.8 Å². The Morgan fingerprint density at radius 2 is 2.39 bits per heavy atom. The van der Waals surface area contributed by atoms with E-state index in [4.69, 9.17) is 4.42 Å². The summed E-state index contributed by atoms with van der Waals surface area (Å²) >= 11 is 1.67. The van der Waals surface area contributed by atoms with Gasteiger partial charge in [-0.3, -0.25) is 9.69 Å². The minimum Gasteiger partial charge on any atom is -0.467 e. The number of carbonyl (C=O) groups excluding carboxylic acids is 1. The molecule has 1 fully saturated rings. The summed E-state index contributed by atoms with van der Waals surface area (Å²) in [6, 6.07) is 4.09. The highest BCUT2D eigenvalue weighted by Gasteiger charge is 2.27. The van der Waals surface area contributed by atoms with Gasteiger partial charge in [-0.25, -0.2) is 4.98 Å². The molecule has 0 radical (unpaired) electrons. The first-order valence-corrected chi connectivity index (χ1v) is 8.66. The molecule has 23 heavy (non-hydrogen) atoms. The lowest BCUT2D eigenvalue weighted by Gasteiger charge is -2.39. The predicted molar refractivity (Wildman–Crippen MR) is 90.5 cm³/mol. The van der Waals surface area contributed by atoms with Gasteiger partial charge in [0.25, 0.3) is 0 Å². The van der Waals surface area contributed by atoms with E-state index in [1.165, 1.54) is 0 Å². The number of likely N-dealkylation sites (N-methyl/N-ethyl adjacent to an activating group) is 1.